The van der Waals surface area contributed by atoms with E-state index in [1.165, 1.54) is 12.8 Å². The summed E-state index contributed by atoms with van der Waals surface area (Å²) in [4.78, 5) is 28.2. The third-order valence-electron chi connectivity index (χ3n) is 6.71. The van der Waals surface area contributed by atoms with E-state index in [2.05, 4.69) is 16.7 Å². The molecule has 2 aliphatic rings. The number of carbonyl (C=O) groups excluding carboxylic acids is 2. The predicted octanol–water partition coefficient (Wildman–Crippen LogP) is 3.50. The average molecular weight is 426 g/mol. The molecule has 31 heavy (non-hydrogen) atoms. The normalized spacial score (nSPS) is 20.9. The molecule has 2 aromatic rings. The smallest absolute Gasteiger partial charge is 0.245 e. The van der Waals surface area contributed by atoms with Crippen LogP contribution in [0.2, 0.25) is 0 Å². The number of amides is 2. The summed E-state index contributed by atoms with van der Waals surface area (Å²) in [7, 11) is 0. The second kappa shape index (κ2) is 9.43. The fraction of sp³-hybridized carbons (Fsp3) is 0.600. The third kappa shape index (κ3) is 5.12. The summed E-state index contributed by atoms with van der Waals surface area (Å²) < 4.78 is 5.70. The van der Waals surface area contributed by atoms with Gasteiger partial charge in [0.1, 0.15) is 11.6 Å². The van der Waals surface area contributed by atoms with Gasteiger partial charge in [-0.1, -0.05) is 32.0 Å². The Bertz CT molecular complexity index is 918. The lowest BCUT2D eigenvalue weighted by atomic mass is 9.99. The number of likely N-dealkylation sites (tertiary alicyclic amines) is 1. The number of nitrogens with one attached hydrogen (secondary N) is 2. The number of para-hydroxylation sites is 1. The van der Waals surface area contributed by atoms with Gasteiger partial charge in [-0.15, -0.1) is 0 Å². The van der Waals surface area contributed by atoms with Gasteiger partial charge in [0, 0.05) is 23.5 Å². The monoisotopic (exact) mass is 425 g/mol. The summed E-state index contributed by atoms with van der Waals surface area (Å²) in [6.45, 7) is 7.50. The molecular formula is C25H35N3O3. The molecule has 1 aliphatic carbocycles. The molecular weight excluding hydrogens is 390 g/mol. The van der Waals surface area contributed by atoms with Gasteiger partial charge in [0.25, 0.3) is 0 Å². The Kier molecular flexibility index (Phi) is 6.65. The predicted molar refractivity (Wildman–Crippen MR) is 122 cm³/mol. The van der Waals surface area contributed by atoms with Gasteiger partial charge in [-0.2, -0.15) is 0 Å². The molecule has 0 radical (unpaired) electrons. The van der Waals surface area contributed by atoms with Crippen molar-refractivity contribution in [2.45, 2.75) is 71.0 Å². The van der Waals surface area contributed by atoms with Crippen molar-refractivity contribution in [1.82, 2.24) is 15.5 Å². The fourth-order valence-electron chi connectivity index (χ4n) is 4.51. The molecule has 0 bridgehead atoms. The number of rotatable bonds is 9. The SMILES string of the molecule is CC(C)[C@H](NC(=O)[C@H](C)NCC1CC1)C(=O)N1CCC[C@H]1Cc1coc2ccccc12. The quantitative estimate of drug-likeness (QED) is 0.645. The van der Waals surface area contributed by atoms with Crippen LogP contribution in [-0.2, 0) is 16.0 Å². The minimum absolute atomic E-state index is 0.0306. The van der Waals surface area contributed by atoms with E-state index in [1.807, 2.05) is 50.1 Å². The summed E-state index contributed by atoms with van der Waals surface area (Å²) in [5.41, 5.74) is 2.02. The first-order chi connectivity index (χ1) is 14.9. The van der Waals surface area contributed by atoms with Crippen LogP contribution in [0.25, 0.3) is 11.0 Å². The number of furan rings is 1. The molecule has 0 spiro atoms. The Morgan fingerprint density at radius 1 is 1.16 bits per heavy atom. The van der Waals surface area contributed by atoms with E-state index >= 15 is 0 Å². The second-order valence-corrected chi connectivity index (χ2v) is 9.59. The minimum Gasteiger partial charge on any atom is -0.464 e. The van der Waals surface area contributed by atoms with Crippen LogP contribution in [0, 0.1) is 11.8 Å². The van der Waals surface area contributed by atoms with E-state index in [9.17, 15) is 9.59 Å². The van der Waals surface area contributed by atoms with Crippen molar-refractivity contribution in [2.24, 2.45) is 11.8 Å². The van der Waals surface area contributed by atoms with E-state index in [1.54, 1.807) is 0 Å². The minimum atomic E-state index is -0.501. The standard InChI is InChI=1S/C25H35N3O3/c1-16(2)23(27-24(29)17(3)26-14-18-10-11-18)25(30)28-12-6-7-20(28)13-19-15-31-22-9-5-4-8-21(19)22/h4-5,8-9,15-18,20,23,26H,6-7,10-14H2,1-3H3,(H,27,29)/t17-,20-,23-/m0/s1. The molecule has 6 heteroatoms. The molecule has 6 nitrogen and oxygen atoms in total. The maximum absolute atomic E-state index is 13.5. The number of hydrogen-bond acceptors (Lipinski definition) is 4. The third-order valence-corrected chi connectivity index (χ3v) is 6.71. The van der Waals surface area contributed by atoms with Crippen LogP contribution in [0.15, 0.2) is 34.9 Å². The van der Waals surface area contributed by atoms with Gasteiger partial charge in [-0.05, 0) is 63.5 Å². The van der Waals surface area contributed by atoms with E-state index in [0.717, 1.165) is 48.9 Å². The summed E-state index contributed by atoms with van der Waals surface area (Å²) in [5.74, 6) is 0.683. The number of fused-ring (bicyclic) bond motifs is 1. The van der Waals surface area contributed by atoms with E-state index in [4.69, 9.17) is 4.42 Å². The zero-order valence-electron chi connectivity index (χ0n) is 18.9. The Morgan fingerprint density at radius 3 is 2.68 bits per heavy atom. The van der Waals surface area contributed by atoms with Gasteiger partial charge in [0.15, 0.2) is 0 Å². The summed E-state index contributed by atoms with van der Waals surface area (Å²) in [5, 5.41) is 7.46. The molecule has 1 aromatic heterocycles. The van der Waals surface area contributed by atoms with Crippen LogP contribution in [0.5, 0.6) is 0 Å². The van der Waals surface area contributed by atoms with Crippen molar-refractivity contribution in [3.05, 3.63) is 36.1 Å². The Hall–Kier alpha value is -2.34. The highest BCUT2D eigenvalue weighted by Crippen LogP contribution is 2.29. The fourth-order valence-corrected chi connectivity index (χ4v) is 4.51. The van der Waals surface area contributed by atoms with Crippen molar-refractivity contribution >= 4 is 22.8 Å². The van der Waals surface area contributed by atoms with Crippen LogP contribution in [0.3, 0.4) is 0 Å². The highest BCUT2D eigenvalue weighted by atomic mass is 16.3. The molecule has 1 saturated heterocycles. The Balaban J connectivity index is 1.41. The zero-order chi connectivity index (χ0) is 22.0. The van der Waals surface area contributed by atoms with Gasteiger partial charge >= 0.3 is 0 Å². The van der Waals surface area contributed by atoms with Crippen LogP contribution in [0.1, 0.15) is 52.0 Å². The highest BCUT2D eigenvalue weighted by molar-refractivity contribution is 5.90. The summed E-state index contributed by atoms with van der Waals surface area (Å²) in [6, 6.07) is 7.37. The summed E-state index contributed by atoms with van der Waals surface area (Å²) >= 11 is 0. The average Bonchev–Trinajstić information content (AvgIpc) is 3.33. The van der Waals surface area contributed by atoms with Crippen molar-refractivity contribution in [3.8, 4) is 0 Å². The lowest BCUT2D eigenvalue weighted by Gasteiger charge is -2.31. The molecule has 4 rings (SSSR count). The van der Waals surface area contributed by atoms with Crippen LogP contribution in [0.4, 0.5) is 0 Å². The lowest BCUT2D eigenvalue weighted by Crippen LogP contribution is -2.56. The number of hydrogen-bond donors (Lipinski definition) is 2. The van der Waals surface area contributed by atoms with Crippen molar-refractivity contribution < 1.29 is 14.0 Å². The lowest BCUT2D eigenvalue weighted by molar-refractivity contribution is -0.138. The van der Waals surface area contributed by atoms with Crippen molar-refractivity contribution in [1.29, 1.82) is 0 Å². The first kappa shape index (κ1) is 21.9. The van der Waals surface area contributed by atoms with Gasteiger partial charge in [0.2, 0.25) is 11.8 Å². The first-order valence-corrected chi connectivity index (χ1v) is 11.7. The number of benzene rings is 1. The molecule has 0 unspecified atom stereocenters. The number of nitrogens with zero attached hydrogens (tertiary/aromatic N) is 1. The van der Waals surface area contributed by atoms with E-state index < -0.39 is 6.04 Å². The molecule has 2 heterocycles. The Labute approximate surface area is 184 Å². The molecule has 3 atom stereocenters. The van der Waals surface area contributed by atoms with Crippen molar-refractivity contribution in [2.75, 3.05) is 13.1 Å². The molecule has 2 amide bonds. The topological polar surface area (TPSA) is 74.6 Å². The second-order valence-electron chi connectivity index (χ2n) is 9.59. The van der Waals surface area contributed by atoms with Crippen LogP contribution in [-0.4, -0.2) is 47.9 Å². The van der Waals surface area contributed by atoms with E-state index in [-0.39, 0.29) is 29.8 Å². The first-order valence-electron chi connectivity index (χ1n) is 11.7. The van der Waals surface area contributed by atoms with E-state index in [0.29, 0.717) is 5.92 Å². The highest BCUT2D eigenvalue weighted by Gasteiger charge is 2.36. The largest absolute Gasteiger partial charge is 0.464 e. The van der Waals surface area contributed by atoms with Gasteiger partial charge in [-0.3, -0.25) is 9.59 Å². The van der Waals surface area contributed by atoms with Crippen molar-refractivity contribution in [3.63, 3.8) is 0 Å². The summed E-state index contributed by atoms with van der Waals surface area (Å²) in [6.07, 6.45) is 7.06. The maximum Gasteiger partial charge on any atom is 0.245 e. The van der Waals surface area contributed by atoms with Gasteiger partial charge in [0.05, 0.1) is 12.3 Å². The molecule has 1 aromatic carbocycles. The van der Waals surface area contributed by atoms with Crippen LogP contribution < -0.4 is 10.6 Å². The number of carbonyl (C=O) groups is 2. The Morgan fingerprint density at radius 2 is 1.94 bits per heavy atom. The van der Waals surface area contributed by atoms with Crippen LogP contribution >= 0.6 is 0 Å². The molecule has 2 N–H and O–H groups in total. The molecule has 168 valence electrons. The maximum atomic E-state index is 13.5. The molecule has 1 saturated carbocycles. The van der Waals surface area contributed by atoms with Gasteiger partial charge < -0.3 is 20.0 Å². The zero-order valence-corrected chi connectivity index (χ0v) is 18.9. The molecule has 2 fully saturated rings. The van der Waals surface area contributed by atoms with Gasteiger partial charge in [-0.25, -0.2) is 0 Å². The molecule has 1 aliphatic heterocycles.